The molecule has 1 saturated heterocycles. The Bertz CT molecular complexity index is 644. The van der Waals surface area contributed by atoms with Crippen LogP contribution in [0.5, 0.6) is 0 Å². The third kappa shape index (κ3) is 3.58. The normalized spacial score (nSPS) is 19.3. The maximum Gasteiger partial charge on any atom is 0.245 e. The van der Waals surface area contributed by atoms with Gasteiger partial charge in [-0.2, -0.15) is 4.98 Å². The second-order valence-corrected chi connectivity index (χ2v) is 5.44. The lowest BCUT2D eigenvalue weighted by Crippen LogP contribution is -2.35. The van der Waals surface area contributed by atoms with Gasteiger partial charge in [0.1, 0.15) is 17.7 Å². The Morgan fingerprint density at radius 3 is 2.86 bits per heavy atom. The summed E-state index contributed by atoms with van der Waals surface area (Å²) in [5.41, 5.74) is 0.892. The Morgan fingerprint density at radius 1 is 1.27 bits per heavy atom. The summed E-state index contributed by atoms with van der Waals surface area (Å²) in [7, 11) is 2.08. The van der Waals surface area contributed by atoms with Gasteiger partial charge in [-0.1, -0.05) is 5.16 Å². The number of ether oxygens (including phenoxy) is 1. The van der Waals surface area contributed by atoms with Crippen LogP contribution < -0.4 is 5.32 Å². The van der Waals surface area contributed by atoms with Crippen LogP contribution in [0.3, 0.4) is 0 Å². The molecule has 2 aromatic rings. The lowest BCUT2D eigenvalue weighted by atomic mass is 10.2. The molecule has 0 aromatic carbocycles. The minimum Gasteiger partial charge on any atom is -0.369 e. The minimum atomic E-state index is -0.0216. The highest BCUT2D eigenvalue weighted by molar-refractivity contribution is 5.36. The summed E-state index contributed by atoms with van der Waals surface area (Å²) < 4.78 is 10.9. The molecule has 0 bridgehead atoms. The molecule has 0 radical (unpaired) electrons. The molecule has 1 aliphatic heterocycles. The van der Waals surface area contributed by atoms with Crippen molar-refractivity contribution in [1.82, 2.24) is 25.0 Å². The summed E-state index contributed by atoms with van der Waals surface area (Å²) in [5.74, 6) is 2.59. The number of hydrogen-bond donors (Lipinski definition) is 1. The lowest BCUT2D eigenvalue weighted by Gasteiger charge is -2.29. The van der Waals surface area contributed by atoms with Gasteiger partial charge in [-0.25, -0.2) is 9.97 Å². The molecular formula is C14H20N6O2. The van der Waals surface area contributed by atoms with E-state index in [1.807, 2.05) is 13.0 Å². The van der Waals surface area contributed by atoms with Gasteiger partial charge in [0.2, 0.25) is 5.89 Å². The van der Waals surface area contributed by atoms with E-state index in [1.165, 1.54) is 0 Å². The minimum absolute atomic E-state index is 0.0216. The molecule has 1 fully saturated rings. The van der Waals surface area contributed by atoms with E-state index in [4.69, 9.17) is 9.26 Å². The maximum atomic E-state index is 5.81. The van der Waals surface area contributed by atoms with Crippen LogP contribution in [0.25, 0.3) is 0 Å². The van der Waals surface area contributed by atoms with Crippen LogP contribution >= 0.6 is 0 Å². The smallest absolute Gasteiger partial charge is 0.245 e. The van der Waals surface area contributed by atoms with E-state index in [0.29, 0.717) is 30.7 Å². The van der Waals surface area contributed by atoms with E-state index in [-0.39, 0.29) is 6.10 Å². The predicted molar refractivity (Wildman–Crippen MR) is 79.3 cm³/mol. The predicted octanol–water partition coefficient (Wildman–Crippen LogP) is 1.09. The lowest BCUT2D eigenvalue weighted by molar-refractivity contribution is -0.0232. The summed E-state index contributed by atoms with van der Waals surface area (Å²) in [4.78, 5) is 15.3. The van der Waals surface area contributed by atoms with Gasteiger partial charge in [-0.3, -0.25) is 0 Å². The highest BCUT2D eigenvalue weighted by Crippen LogP contribution is 2.22. The van der Waals surface area contributed by atoms with E-state index in [1.54, 1.807) is 6.92 Å². The largest absolute Gasteiger partial charge is 0.369 e. The van der Waals surface area contributed by atoms with Crippen LogP contribution in [-0.4, -0.2) is 51.8 Å². The molecule has 0 amide bonds. The first-order valence-corrected chi connectivity index (χ1v) is 7.29. The standard InChI is InChI=1S/C14H20N6O2/c1-9-16-11(12-8-20(3)4-5-21-12)6-13(17-9)15-7-14-18-10(2)19-22-14/h6,12H,4-5,7-8H2,1-3H3,(H,15,16,17). The van der Waals surface area contributed by atoms with E-state index < -0.39 is 0 Å². The molecule has 1 N–H and O–H groups in total. The topological polar surface area (TPSA) is 89.2 Å². The molecule has 0 saturated carbocycles. The monoisotopic (exact) mass is 304 g/mol. The van der Waals surface area contributed by atoms with Crippen LogP contribution in [0, 0.1) is 13.8 Å². The first-order chi connectivity index (χ1) is 10.6. The number of anilines is 1. The first kappa shape index (κ1) is 14.9. The molecule has 118 valence electrons. The zero-order valence-electron chi connectivity index (χ0n) is 13.0. The number of hydrogen-bond acceptors (Lipinski definition) is 8. The molecule has 3 rings (SSSR count). The fourth-order valence-corrected chi connectivity index (χ4v) is 2.38. The quantitative estimate of drug-likeness (QED) is 0.898. The van der Waals surface area contributed by atoms with Crippen molar-refractivity contribution in [2.45, 2.75) is 26.5 Å². The number of nitrogens with one attached hydrogen (secondary N) is 1. The van der Waals surface area contributed by atoms with Gasteiger partial charge in [-0.15, -0.1) is 0 Å². The molecule has 8 nitrogen and oxygen atoms in total. The Hall–Kier alpha value is -2.06. The zero-order valence-corrected chi connectivity index (χ0v) is 13.0. The van der Waals surface area contributed by atoms with E-state index in [9.17, 15) is 0 Å². The van der Waals surface area contributed by atoms with Crippen LogP contribution in [0.15, 0.2) is 10.6 Å². The number of aryl methyl sites for hydroxylation is 2. The zero-order chi connectivity index (χ0) is 15.5. The van der Waals surface area contributed by atoms with Crippen molar-refractivity contribution in [3.63, 3.8) is 0 Å². The summed E-state index contributed by atoms with van der Waals surface area (Å²) >= 11 is 0. The summed E-state index contributed by atoms with van der Waals surface area (Å²) in [6, 6.07) is 1.92. The second kappa shape index (κ2) is 6.37. The van der Waals surface area contributed by atoms with Crippen LogP contribution in [0.1, 0.15) is 29.3 Å². The van der Waals surface area contributed by atoms with Crippen molar-refractivity contribution in [1.29, 1.82) is 0 Å². The Morgan fingerprint density at radius 2 is 2.14 bits per heavy atom. The van der Waals surface area contributed by atoms with Gasteiger partial charge in [0.05, 0.1) is 18.8 Å². The molecule has 8 heteroatoms. The molecule has 0 spiro atoms. The van der Waals surface area contributed by atoms with Crippen molar-refractivity contribution >= 4 is 5.82 Å². The van der Waals surface area contributed by atoms with Crippen LogP contribution in [-0.2, 0) is 11.3 Å². The van der Waals surface area contributed by atoms with Crippen molar-refractivity contribution in [3.8, 4) is 0 Å². The molecule has 0 aliphatic carbocycles. The number of aromatic nitrogens is 4. The summed E-state index contributed by atoms with van der Waals surface area (Å²) in [6.07, 6.45) is -0.0216. The van der Waals surface area contributed by atoms with Gasteiger partial charge in [0.25, 0.3) is 0 Å². The molecule has 22 heavy (non-hydrogen) atoms. The molecular weight excluding hydrogens is 284 g/mol. The third-order valence-corrected chi connectivity index (χ3v) is 3.45. The Balaban J connectivity index is 1.71. The average Bonchev–Trinajstić information content (AvgIpc) is 2.90. The summed E-state index contributed by atoms with van der Waals surface area (Å²) in [5, 5.41) is 6.95. The number of nitrogens with zero attached hydrogens (tertiary/aromatic N) is 5. The SMILES string of the molecule is Cc1nc(NCc2nc(C)no2)cc(C2CN(C)CCO2)n1. The van der Waals surface area contributed by atoms with Gasteiger partial charge >= 0.3 is 0 Å². The maximum absolute atomic E-state index is 5.81. The molecule has 2 aromatic heterocycles. The number of morpholine rings is 1. The fraction of sp³-hybridized carbons (Fsp3) is 0.571. The van der Waals surface area contributed by atoms with E-state index in [0.717, 1.165) is 24.6 Å². The van der Waals surface area contributed by atoms with E-state index in [2.05, 4.69) is 37.4 Å². The van der Waals surface area contributed by atoms with Crippen molar-refractivity contribution in [2.75, 3.05) is 32.1 Å². The Labute approximate surface area is 128 Å². The fourth-order valence-electron chi connectivity index (χ4n) is 2.38. The molecule has 1 aliphatic rings. The van der Waals surface area contributed by atoms with Gasteiger partial charge in [-0.05, 0) is 20.9 Å². The van der Waals surface area contributed by atoms with Crippen LogP contribution in [0.4, 0.5) is 5.82 Å². The van der Waals surface area contributed by atoms with Gasteiger partial charge in [0, 0.05) is 19.2 Å². The van der Waals surface area contributed by atoms with Gasteiger partial charge < -0.3 is 19.5 Å². The molecule has 3 heterocycles. The molecule has 1 atom stereocenters. The Kier molecular flexibility index (Phi) is 4.30. The summed E-state index contributed by atoms with van der Waals surface area (Å²) in [6.45, 7) is 6.59. The second-order valence-electron chi connectivity index (χ2n) is 5.44. The third-order valence-electron chi connectivity index (χ3n) is 3.45. The highest BCUT2D eigenvalue weighted by Gasteiger charge is 2.21. The number of likely N-dealkylation sites (N-methyl/N-ethyl adjacent to an activating group) is 1. The average molecular weight is 304 g/mol. The number of rotatable bonds is 4. The van der Waals surface area contributed by atoms with Crippen LogP contribution in [0.2, 0.25) is 0 Å². The van der Waals surface area contributed by atoms with Crippen molar-refractivity contribution in [2.24, 2.45) is 0 Å². The molecule has 1 unspecified atom stereocenters. The highest BCUT2D eigenvalue weighted by atomic mass is 16.5. The van der Waals surface area contributed by atoms with E-state index >= 15 is 0 Å². The van der Waals surface area contributed by atoms with Gasteiger partial charge in [0.15, 0.2) is 5.82 Å². The first-order valence-electron chi connectivity index (χ1n) is 7.29. The van der Waals surface area contributed by atoms with Crippen molar-refractivity contribution < 1.29 is 9.26 Å². The van der Waals surface area contributed by atoms with Crippen molar-refractivity contribution in [3.05, 3.63) is 29.3 Å².